The largest absolute Gasteiger partial charge is 0.316 e. The smallest absolute Gasteiger partial charge is 0.292 e. The number of hydrogen-bond acceptors (Lipinski definition) is 5. The molecule has 1 saturated heterocycles. The molecule has 1 aliphatic heterocycles. The van der Waals surface area contributed by atoms with Gasteiger partial charge in [0.25, 0.3) is 15.7 Å². The first-order valence-electron chi connectivity index (χ1n) is 6.48. The van der Waals surface area contributed by atoms with Crippen LogP contribution < -0.4 is 5.32 Å². The van der Waals surface area contributed by atoms with Gasteiger partial charge in [-0.15, -0.1) is 12.4 Å². The molecule has 0 saturated carbocycles. The maximum absolute atomic E-state index is 13.9. The molecule has 1 heterocycles. The Kier molecular flexibility index (Phi) is 6.24. The third kappa shape index (κ3) is 3.54. The van der Waals surface area contributed by atoms with Crippen LogP contribution in [0.25, 0.3) is 0 Å². The summed E-state index contributed by atoms with van der Waals surface area (Å²) in [5, 5.41) is 13.9. The molecular formula is C12H17ClFN3O4S. The van der Waals surface area contributed by atoms with Crippen molar-refractivity contribution in [2.75, 3.05) is 20.1 Å². The summed E-state index contributed by atoms with van der Waals surface area (Å²) in [6.45, 7) is 0.399. The van der Waals surface area contributed by atoms with Crippen LogP contribution in [0.3, 0.4) is 0 Å². The van der Waals surface area contributed by atoms with Crippen LogP contribution in [0.4, 0.5) is 10.1 Å². The van der Waals surface area contributed by atoms with Crippen LogP contribution in [0.2, 0.25) is 0 Å². The van der Waals surface area contributed by atoms with Gasteiger partial charge in [0.15, 0.2) is 4.90 Å². The van der Waals surface area contributed by atoms with E-state index in [9.17, 15) is 22.9 Å². The van der Waals surface area contributed by atoms with E-state index in [2.05, 4.69) is 5.32 Å². The van der Waals surface area contributed by atoms with E-state index >= 15 is 0 Å². The number of nitrogens with zero attached hydrogens (tertiary/aromatic N) is 2. The van der Waals surface area contributed by atoms with E-state index in [1.54, 1.807) is 7.05 Å². The summed E-state index contributed by atoms with van der Waals surface area (Å²) in [5.74, 6) is -1.10. The molecule has 1 aromatic rings. The number of piperidine rings is 1. The number of benzene rings is 1. The predicted octanol–water partition coefficient (Wildman–Crippen LogP) is 1.53. The van der Waals surface area contributed by atoms with Crippen LogP contribution >= 0.6 is 12.4 Å². The Morgan fingerprint density at radius 3 is 2.73 bits per heavy atom. The number of sulfonamides is 1. The maximum Gasteiger partial charge on any atom is 0.292 e. The molecule has 1 fully saturated rings. The fraction of sp³-hybridized carbons (Fsp3) is 0.500. The van der Waals surface area contributed by atoms with Gasteiger partial charge in [-0.05, 0) is 26.0 Å². The molecule has 0 amide bonds. The fourth-order valence-corrected chi connectivity index (χ4v) is 4.15. The van der Waals surface area contributed by atoms with Crippen LogP contribution in [0, 0.1) is 15.9 Å². The van der Waals surface area contributed by atoms with Crippen molar-refractivity contribution >= 4 is 28.1 Å². The first-order chi connectivity index (χ1) is 9.87. The van der Waals surface area contributed by atoms with Gasteiger partial charge >= 0.3 is 0 Å². The molecule has 1 N–H and O–H groups in total. The SMILES string of the molecule is CNC1CCCN(S(=O)(=O)c2c(F)cccc2[N+](=O)[O-])C1.Cl. The molecular weight excluding hydrogens is 337 g/mol. The number of nitrogens with one attached hydrogen (secondary N) is 1. The number of rotatable bonds is 4. The Bertz CT molecular complexity index is 656. The third-order valence-corrected chi connectivity index (χ3v) is 5.46. The van der Waals surface area contributed by atoms with Gasteiger partial charge < -0.3 is 5.32 Å². The highest BCUT2D eigenvalue weighted by Gasteiger charge is 2.37. The lowest BCUT2D eigenvalue weighted by molar-refractivity contribution is -0.388. The van der Waals surface area contributed by atoms with Crippen molar-refractivity contribution in [3.05, 3.63) is 34.1 Å². The van der Waals surface area contributed by atoms with Gasteiger partial charge in [-0.3, -0.25) is 10.1 Å². The maximum atomic E-state index is 13.9. The van der Waals surface area contributed by atoms with Crippen LogP contribution in [-0.2, 0) is 10.0 Å². The van der Waals surface area contributed by atoms with E-state index < -0.39 is 31.3 Å². The molecule has 10 heteroatoms. The average molecular weight is 354 g/mol. The second kappa shape index (κ2) is 7.32. The van der Waals surface area contributed by atoms with Gasteiger partial charge in [-0.25, -0.2) is 12.8 Å². The number of nitro groups is 1. The molecule has 1 aromatic carbocycles. The number of hydrogen-bond donors (Lipinski definition) is 1. The monoisotopic (exact) mass is 353 g/mol. The molecule has 1 atom stereocenters. The van der Waals surface area contributed by atoms with E-state index in [1.807, 2.05) is 0 Å². The molecule has 2 rings (SSSR count). The third-order valence-electron chi connectivity index (χ3n) is 3.53. The molecule has 0 spiro atoms. The second-order valence-corrected chi connectivity index (χ2v) is 6.71. The zero-order valence-corrected chi connectivity index (χ0v) is 13.5. The van der Waals surface area contributed by atoms with Crippen molar-refractivity contribution in [2.45, 2.75) is 23.8 Å². The Morgan fingerprint density at radius 1 is 1.45 bits per heavy atom. The van der Waals surface area contributed by atoms with Gasteiger partial charge in [-0.1, -0.05) is 6.07 Å². The lowest BCUT2D eigenvalue weighted by Crippen LogP contribution is -2.47. The Balaban J connectivity index is 0.00000242. The topological polar surface area (TPSA) is 92.6 Å². The minimum Gasteiger partial charge on any atom is -0.316 e. The lowest BCUT2D eigenvalue weighted by Gasteiger charge is -2.31. The molecule has 1 aliphatic rings. The van der Waals surface area contributed by atoms with Gasteiger partial charge in [0.2, 0.25) is 0 Å². The molecule has 0 aromatic heterocycles. The minimum absolute atomic E-state index is 0. The van der Waals surface area contributed by atoms with Gasteiger partial charge in [-0.2, -0.15) is 4.31 Å². The lowest BCUT2D eigenvalue weighted by atomic mass is 10.1. The van der Waals surface area contributed by atoms with Crippen LogP contribution in [0.1, 0.15) is 12.8 Å². The van der Waals surface area contributed by atoms with Crippen molar-refractivity contribution in [3.63, 3.8) is 0 Å². The summed E-state index contributed by atoms with van der Waals surface area (Å²) in [6.07, 6.45) is 1.43. The van der Waals surface area contributed by atoms with E-state index in [4.69, 9.17) is 0 Å². The zero-order valence-electron chi connectivity index (χ0n) is 11.9. The molecule has 0 aliphatic carbocycles. The van der Waals surface area contributed by atoms with E-state index in [1.165, 1.54) is 0 Å². The van der Waals surface area contributed by atoms with Crippen molar-refractivity contribution < 1.29 is 17.7 Å². The van der Waals surface area contributed by atoms with Crippen molar-refractivity contribution in [2.24, 2.45) is 0 Å². The highest BCUT2D eigenvalue weighted by atomic mass is 35.5. The van der Waals surface area contributed by atoms with Crippen molar-refractivity contribution in [1.29, 1.82) is 0 Å². The number of likely N-dealkylation sites (N-methyl/N-ethyl adjacent to an activating group) is 1. The summed E-state index contributed by atoms with van der Waals surface area (Å²) >= 11 is 0. The molecule has 0 bridgehead atoms. The summed E-state index contributed by atoms with van der Waals surface area (Å²) in [5.41, 5.74) is -0.735. The summed E-state index contributed by atoms with van der Waals surface area (Å²) < 4.78 is 40.1. The summed E-state index contributed by atoms with van der Waals surface area (Å²) in [4.78, 5) is 9.23. The second-order valence-electron chi connectivity index (χ2n) is 4.84. The molecule has 1 unspecified atom stereocenters. The normalized spacial score (nSPS) is 19.5. The fourth-order valence-electron chi connectivity index (χ4n) is 2.42. The van der Waals surface area contributed by atoms with E-state index in [0.29, 0.717) is 6.42 Å². The highest BCUT2D eigenvalue weighted by molar-refractivity contribution is 7.89. The molecule has 22 heavy (non-hydrogen) atoms. The van der Waals surface area contributed by atoms with Crippen LogP contribution in [0.15, 0.2) is 23.1 Å². The zero-order chi connectivity index (χ0) is 15.6. The van der Waals surface area contributed by atoms with Crippen molar-refractivity contribution in [3.8, 4) is 0 Å². The highest BCUT2D eigenvalue weighted by Crippen LogP contribution is 2.30. The van der Waals surface area contributed by atoms with Crippen molar-refractivity contribution in [1.82, 2.24) is 9.62 Å². The number of halogens is 2. The quantitative estimate of drug-likeness (QED) is 0.654. The Hall–Kier alpha value is -1.29. The van der Waals surface area contributed by atoms with Gasteiger partial charge in [0, 0.05) is 25.2 Å². The molecule has 124 valence electrons. The Labute approximate surface area is 134 Å². The predicted molar refractivity (Wildman–Crippen MR) is 81.1 cm³/mol. The van der Waals surface area contributed by atoms with Gasteiger partial charge in [0.05, 0.1) is 4.92 Å². The Morgan fingerprint density at radius 2 is 2.14 bits per heavy atom. The van der Waals surface area contributed by atoms with Crippen LogP contribution in [0.5, 0.6) is 0 Å². The first-order valence-corrected chi connectivity index (χ1v) is 7.92. The summed E-state index contributed by atoms with van der Waals surface area (Å²) in [6, 6.07) is 2.99. The standard InChI is InChI=1S/C12H16FN3O4S.ClH/c1-14-9-4-3-7-15(8-9)21(19,20)12-10(13)5-2-6-11(12)16(17)18;/h2,5-6,9,14H,3-4,7-8H2,1H3;1H. The van der Waals surface area contributed by atoms with Gasteiger partial charge in [0.1, 0.15) is 5.82 Å². The average Bonchev–Trinajstić information content (AvgIpc) is 2.46. The summed E-state index contributed by atoms with van der Waals surface area (Å²) in [7, 11) is -2.52. The molecule has 0 radical (unpaired) electrons. The first kappa shape index (κ1) is 18.8. The van der Waals surface area contributed by atoms with E-state index in [-0.39, 0.29) is 31.5 Å². The van der Waals surface area contributed by atoms with E-state index in [0.717, 1.165) is 28.9 Å². The van der Waals surface area contributed by atoms with Crippen LogP contribution in [-0.4, -0.2) is 43.8 Å². The number of nitro benzene ring substituents is 1. The molecule has 7 nitrogen and oxygen atoms in total. The minimum atomic E-state index is -4.23.